The maximum Gasteiger partial charge on any atom is 0.144 e. The summed E-state index contributed by atoms with van der Waals surface area (Å²) in [6, 6.07) is 3.57. The summed E-state index contributed by atoms with van der Waals surface area (Å²) in [6.07, 6.45) is 2.38. The molecule has 1 aromatic carbocycles. The van der Waals surface area contributed by atoms with Gasteiger partial charge in [-0.3, -0.25) is 4.90 Å². The van der Waals surface area contributed by atoms with Crippen molar-refractivity contribution in [2.75, 3.05) is 45.2 Å². The second-order valence-electron chi connectivity index (χ2n) is 5.23. The largest absolute Gasteiger partial charge is 0.491 e. The molecular weight excluding hydrogens is 304 g/mol. The first kappa shape index (κ1) is 15.3. The smallest absolute Gasteiger partial charge is 0.144 e. The highest BCUT2D eigenvalue weighted by Gasteiger charge is 2.10. The fourth-order valence-corrected chi connectivity index (χ4v) is 2.68. The number of hydrogen-bond acceptors (Lipinski definition) is 6. The van der Waals surface area contributed by atoms with Crippen LogP contribution in [0.3, 0.4) is 0 Å². The van der Waals surface area contributed by atoms with Crippen molar-refractivity contribution in [1.29, 1.82) is 0 Å². The van der Waals surface area contributed by atoms with Crippen LogP contribution in [0.5, 0.6) is 5.75 Å². The van der Waals surface area contributed by atoms with E-state index in [1.165, 1.54) is 6.33 Å². The Morgan fingerprint density at radius 2 is 2.09 bits per heavy atom. The lowest BCUT2D eigenvalue weighted by Gasteiger charge is -2.26. The summed E-state index contributed by atoms with van der Waals surface area (Å²) in [7, 11) is 0. The lowest BCUT2D eigenvalue weighted by molar-refractivity contribution is 0.0358. The number of anilines is 1. The van der Waals surface area contributed by atoms with Crippen molar-refractivity contribution in [3.05, 3.63) is 23.6 Å². The highest BCUT2D eigenvalue weighted by atomic mass is 35.5. The van der Waals surface area contributed by atoms with Gasteiger partial charge < -0.3 is 15.2 Å². The van der Waals surface area contributed by atoms with E-state index in [1.807, 2.05) is 6.07 Å². The minimum Gasteiger partial charge on any atom is -0.491 e. The third-order valence-corrected chi connectivity index (χ3v) is 4.00. The summed E-state index contributed by atoms with van der Waals surface area (Å²) in [4.78, 5) is 10.5. The molecule has 1 saturated heterocycles. The van der Waals surface area contributed by atoms with Crippen LogP contribution < -0.4 is 10.5 Å². The van der Waals surface area contributed by atoms with E-state index in [2.05, 4.69) is 14.9 Å². The Balaban J connectivity index is 1.58. The molecule has 0 atom stereocenters. The fraction of sp³-hybridized carbons (Fsp3) is 0.467. The second kappa shape index (κ2) is 7.09. The average Bonchev–Trinajstić information content (AvgIpc) is 2.54. The minimum absolute atomic E-state index is 0.399. The standard InChI is InChI=1S/C15H19ClN4O2/c16-15-11-8-12(17)14(9-13(11)18-10-19-15)22-5-1-2-20-3-6-21-7-4-20/h8-10H,1-7,17H2. The predicted molar refractivity (Wildman–Crippen MR) is 86.3 cm³/mol. The summed E-state index contributed by atoms with van der Waals surface area (Å²) < 4.78 is 11.1. The summed E-state index contributed by atoms with van der Waals surface area (Å²) in [5.74, 6) is 0.643. The molecule has 1 aliphatic rings. The van der Waals surface area contributed by atoms with Crippen LogP contribution in [0.2, 0.25) is 5.15 Å². The second-order valence-corrected chi connectivity index (χ2v) is 5.59. The Morgan fingerprint density at radius 3 is 2.91 bits per heavy atom. The highest BCUT2D eigenvalue weighted by molar-refractivity contribution is 6.34. The number of nitrogens with zero attached hydrogens (tertiary/aromatic N) is 3. The molecular formula is C15H19ClN4O2. The molecule has 0 amide bonds. The van der Waals surface area contributed by atoms with Crippen molar-refractivity contribution in [1.82, 2.24) is 14.9 Å². The van der Waals surface area contributed by atoms with E-state index in [0.29, 0.717) is 23.2 Å². The summed E-state index contributed by atoms with van der Waals surface area (Å²) in [6.45, 7) is 5.25. The normalized spacial score (nSPS) is 16.0. The minimum atomic E-state index is 0.399. The molecule has 2 aromatic rings. The van der Waals surface area contributed by atoms with Crippen molar-refractivity contribution >= 4 is 28.2 Å². The van der Waals surface area contributed by atoms with Gasteiger partial charge in [0.25, 0.3) is 0 Å². The molecule has 0 saturated carbocycles. The zero-order chi connectivity index (χ0) is 15.4. The molecule has 0 unspecified atom stereocenters. The lowest BCUT2D eigenvalue weighted by Crippen LogP contribution is -2.37. The van der Waals surface area contributed by atoms with Crippen LogP contribution in [-0.4, -0.2) is 54.3 Å². The molecule has 2 N–H and O–H groups in total. The molecule has 0 spiro atoms. The molecule has 1 aliphatic heterocycles. The van der Waals surface area contributed by atoms with Gasteiger partial charge in [-0.25, -0.2) is 9.97 Å². The first-order valence-corrected chi connectivity index (χ1v) is 7.74. The summed E-state index contributed by atoms with van der Waals surface area (Å²) in [5, 5.41) is 1.14. The third-order valence-electron chi connectivity index (χ3n) is 3.70. The number of ether oxygens (including phenoxy) is 2. The zero-order valence-corrected chi connectivity index (χ0v) is 13.1. The van der Waals surface area contributed by atoms with E-state index in [4.69, 9.17) is 26.8 Å². The molecule has 7 heteroatoms. The van der Waals surface area contributed by atoms with E-state index < -0.39 is 0 Å². The number of nitrogens with two attached hydrogens (primary N) is 1. The first-order chi connectivity index (χ1) is 10.7. The molecule has 3 rings (SSSR count). The number of rotatable bonds is 5. The topological polar surface area (TPSA) is 73.5 Å². The van der Waals surface area contributed by atoms with E-state index in [1.54, 1.807) is 6.07 Å². The lowest BCUT2D eigenvalue weighted by atomic mass is 10.2. The Kier molecular flexibility index (Phi) is 4.92. The van der Waals surface area contributed by atoms with Gasteiger partial charge in [-0.2, -0.15) is 0 Å². The molecule has 0 aliphatic carbocycles. The number of aromatic nitrogens is 2. The molecule has 22 heavy (non-hydrogen) atoms. The van der Waals surface area contributed by atoms with Crippen molar-refractivity contribution in [2.24, 2.45) is 0 Å². The Hall–Kier alpha value is -1.63. The molecule has 118 valence electrons. The van der Waals surface area contributed by atoms with E-state index in [0.717, 1.165) is 50.2 Å². The van der Waals surface area contributed by atoms with Crippen LogP contribution in [-0.2, 0) is 4.74 Å². The van der Waals surface area contributed by atoms with Gasteiger partial charge >= 0.3 is 0 Å². The monoisotopic (exact) mass is 322 g/mol. The molecule has 1 fully saturated rings. The Bertz CT molecular complexity index is 647. The van der Waals surface area contributed by atoms with Gasteiger partial charge in [0.2, 0.25) is 0 Å². The Morgan fingerprint density at radius 1 is 1.27 bits per heavy atom. The number of morpholine rings is 1. The maximum atomic E-state index is 6.03. The SMILES string of the molecule is Nc1cc2c(Cl)ncnc2cc1OCCCN1CCOCC1. The quantitative estimate of drug-likeness (QED) is 0.515. The van der Waals surface area contributed by atoms with Crippen LogP contribution in [0.15, 0.2) is 18.5 Å². The molecule has 1 aromatic heterocycles. The molecule has 0 bridgehead atoms. The highest BCUT2D eigenvalue weighted by Crippen LogP contribution is 2.29. The van der Waals surface area contributed by atoms with E-state index >= 15 is 0 Å². The van der Waals surface area contributed by atoms with Crippen LogP contribution in [0, 0.1) is 0 Å². The molecule has 2 heterocycles. The zero-order valence-electron chi connectivity index (χ0n) is 12.3. The summed E-state index contributed by atoms with van der Waals surface area (Å²) in [5.41, 5.74) is 7.30. The van der Waals surface area contributed by atoms with Gasteiger partial charge in [0.1, 0.15) is 17.2 Å². The van der Waals surface area contributed by atoms with Gasteiger partial charge in [0.15, 0.2) is 0 Å². The first-order valence-electron chi connectivity index (χ1n) is 7.36. The van der Waals surface area contributed by atoms with E-state index in [-0.39, 0.29) is 0 Å². The number of benzene rings is 1. The van der Waals surface area contributed by atoms with E-state index in [9.17, 15) is 0 Å². The van der Waals surface area contributed by atoms with Crippen molar-refractivity contribution in [2.45, 2.75) is 6.42 Å². The van der Waals surface area contributed by atoms with Crippen molar-refractivity contribution < 1.29 is 9.47 Å². The fourth-order valence-electron chi connectivity index (χ4n) is 2.49. The summed E-state index contributed by atoms with van der Waals surface area (Å²) >= 11 is 6.03. The molecule has 0 radical (unpaired) electrons. The van der Waals surface area contributed by atoms with Crippen molar-refractivity contribution in [3.63, 3.8) is 0 Å². The third kappa shape index (κ3) is 3.58. The van der Waals surface area contributed by atoms with Gasteiger partial charge in [0.05, 0.1) is 31.0 Å². The van der Waals surface area contributed by atoms with Crippen LogP contribution >= 0.6 is 11.6 Å². The van der Waals surface area contributed by atoms with Crippen molar-refractivity contribution in [3.8, 4) is 5.75 Å². The number of nitrogen functional groups attached to an aromatic ring is 1. The number of halogens is 1. The average molecular weight is 323 g/mol. The van der Waals surface area contributed by atoms with Gasteiger partial charge in [0, 0.05) is 31.1 Å². The van der Waals surface area contributed by atoms with Crippen LogP contribution in [0.4, 0.5) is 5.69 Å². The number of hydrogen-bond donors (Lipinski definition) is 1. The molecule has 6 nitrogen and oxygen atoms in total. The van der Waals surface area contributed by atoms with Gasteiger partial charge in [-0.1, -0.05) is 11.6 Å². The van der Waals surface area contributed by atoms with Gasteiger partial charge in [-0.05, 0) is 12.5 Å². The predicted octanol–water partition coefficient (Wildman–Crippen LogP) is 1.97. The Labute approximate surface area is 134 Å². The van der Waals surface area contributed by atoms with Gasteiger partial charge in [-0.15, -0.1) is 0 Å². The van der Waals surface area contributed by atoms with Crippen LogP contribution in [0.1, 0.15) is 6.42 Å². The maximum absolute atomic E-state index is 6.03. The number of fused-ring (bicyclic) bond motifs is 1. The van der Waals surface area contributed by atoms with Crippen LogP contribution in [0.25, 0.3) is 10.9 Å².